The molecule has 6 heteroatoms. The number of amides is 2. The van der Waals surface area contributed by atoms with Crippen molar-refractivity contribution in [2.45, 2.75) is 44.7 Å². The fourth-order valence-electron chi connectivity index (χ4n) is 4.34. The number of nitrogens with one attached hydrogen (secondary N) is 1. The Hall–Kier alpha value is -3.15. The lowest BCUT2D eigenvalue weighted by Gasteiger charge is -2.30. The van der Waals surface area contributed by atoms with E-state index in [1.807, 2.05) is 4.90 Å². The Labute approximate surface area is 175 Å². The molecule has 2 aliphatic rings. The summed E-state index contributed by atoms with van der Waals surface area (Å²) in [6, 6.07) is 13.4. The maximum Gasteiger partial charge on any atom is 0.251 e. The minimum atomic E-state index is -0.293. The van der Waals surface area contributed by atoms with Gasteiger partial charge >= 0.3 is 0 Å². The van der Waals surface area contributed by atoms with E-state index in [-0.39, 0.29) is 30.1 Å². The van der Waals surface area contributed by atoms with Gasteiger partial charge in [0, 0.05) is 17.8 Å². The van der Waals surface area contributed by atoms with Crippen molar-refractivity contribution in [2.24, 2.45) is 0 Å². The molecule has 0 saturated heterocycles. The molecule has 0 radical (unpaired) electrons. The van der Waals surface area contributed by atoms with E-state index in [1.165, 1.54) is 12.1 Å². The van der Waals surface area contributed by atoms with Crippen molar-refractivity contribution in [2.75, 3.05) is 12.4 Å². The number of hydrogen-bond acceptors (Lipinski definition) is 3. The smallest absolute Gasteiger partial charge is 0.251 e. The van der Waals surface area contributed by atoms with Crippen LogP contribution in [-0.4, -0.2) is 29.9 Å². The summed E-state index contributed by atoms with van der Waals surface area (Å²) < 4.78 is 18.4. The zero-order valence-electron chi connectivity index (χ0n) is 17.0. The van der Waals surface area contributed by atoms with Crippen LogP contribution in [0.25, 0.3) is 0 Å². The predicted molar refractivity (Wildman–Crippen MR) is 112 cm³/mol. The number of hydrogen-bond donors (Lipinski definition) is 1. The molecule has 2 aromatic carbocycles. The maximum atomic E-state index is 13.2. The molecule has 2 amide bonds. The highest BCUT2D eigenvalue weighted by molar-refractivity contribution is 6.04. The van der Waals surface area contributed by atoms with Gasteiger partial charge in [-0.2, -0.15) is 0 Å². The number of ether oxygens (including phenoxy) is 1. The Balaban J connectivity index is 1.48. The molecule has 4 rings (SSSR count). The van der Waals surface area contributed by atoms with Crippen LogP contribution in [-0.2, 0) is 16.1 Å². The molecule has 1 aliphatic carbocycles. The molecule has 1 unspecified atom stereocenters. The Morgan fingerprint density at radius 3 is 2.57 bits per heavy atom. The zero-order chi connectivity index (χ0) is 21.1. The summed E-state index contributed by atoms with van der Waals surface area (Å²) in [5.41, 5.74) is 3.27. The lowest BCUT2D eigenvalue weighted by molar-refractivity contribution is -0.129. The standard InChI is InChI=1S/C24H25FN2O3/c1-30-19-12-10-18(11-13-19)26-23(28)14-21-20-4-2-3-5-22(20)27(24(21)29)15-16-6-8-17(25)9-7-16/h6-13,22H,2-5,14-15H2,1H3,(H,26,28). The lowest BCUT2D eigenvalue weighted by Crippen LogP contribution is -2.36. The molecule has 1 aliphatic heterocycles. The summed E-state index contributed by atoms with van der Waals surface area (Å²) in [4.78, 5) is 27.7. The van der Waals surface area contributed by atoms with Crippen LogP contribution in [0.1, 0.15) is 37.7 Å². The molecular formula is C24H25FN2O3. The molecule has 1 N–H and O–H groups in total. The monoisotopic (exact) mass is 408 g/mol. The molecule has 0 bridgehead atoms. The average molecular weight is 408 g/mol. The molecule has 0 aromatic heterocycles. The molecule has 156 valence electrons. The van der Waals surface area contributed by atoms with Gasteiger partial charge in [0.1, 0.15) is 11.6 Å². The minimum absolute atomic E-state index is 0.0417. The van der Waals surface area contributed by atoms with Gasteiger partial charge in [-0.25, -0.2) is 4.39 Å². The third-order valence-electron chi connectivity index (χ3n) is 5.84. The number of fused-ring (bicyclic) bond motifs is 1. The quantitative estimate of drug-likeness (QED) is 0.769. The highest BCUT2D eigenvalue weighted by Crippen LogP contribution is 2.38. The minimum Gasteiger partial charge on any atom is -0.497 e. The summed E-state index contributed by atoms with van der Waals surface area (Å²) in [5.74, 6) is 0.138. The molecule has 0 spiro atoms. The third kappa shape index (κ3) is 4.22. The van der Waals surface area contributed by atoms with Gasteiger partial charge in [-0.15, -0.1) is 0 Å². The lowest BCUT2D eigenvalue weighted by atomic mass is 9.88. The second-order valence-corrected chi connectivity index (χ2v) is 7.78. The van der Waals surface area contributed by atoms with Crippen molar-refractivity contribution in [1.82, 2.24) is 4.90 Å². The fraction of sp³-hybridized carbons (Fsp3) is 0.333. The first kappa shape index (κ1) is 20.1. The molecule has 1 atom stereocenters. The summed E-state index contributed by atoms with van der Waals surface area (Å²) >= 11 is 0. The summed E-state index contributed by atoms with van der Waals surface area (Å²) in [6.07, 6.45) is 3.92. The first-order chi connectivity index (χ1) is 14.5. The number of methoxy groups -OCH3 is 1. The van der Waals surface area contributed by atoms with E-state index in [0.29, 0.717) is 23.6 Å². The van der Waals surface area contributed by atoms with E-state index >= 15 is 0 Å². The highest BCUT2D eigenvalue weighted by atomic mass is 19.1. The van der Waals surface area contributed by atoms with E-state index in [4.69, 9.17) is 4.74 Å². The molecule has 2 aromatic rings. The average Bonchev–Trinajstić information content (AvgIpc) is 3.02. The summed E-state index contributed by atoms with van der Waals surface area (Å²) in [6.45, 7) is 0.427. The Kier molecular flexibility index (Phi) is 5.84. The van der Waals surface area contributed by atoms with Gasteiger partial charge < -0.3 is 15.0 Å². The summed E-state index contributed by atoms with van der Waals surface area (Å²) in [5, 5.41) is 2.87. The SMILES string of the molecule is COc1ccc(NC(=O)CC2=C3CCCCC3N(Cc3ccc(F)cc3)C2=O)cc1. The van der Waals surface area contributed by atoms with Crippen LogP contribution in [0.4, 0.5) is 10.1 Å². The number of rotatable bonds is 6. The van der Waals surface area contributed by atoms with Crippen LogP contribution < -0.4 is 10.1 Å². The molecule has 5 nitrogen and oxygen atoms in total. The third-order valence-corrected chi connectivity index (χ3v) is 5.84. The number of nitrogens with zero attached hydrogens (tertiary/aromatic N) is 1. The zero-order valence-corrected chi connectivity index (χ0v) is 17.0. The number of carbonyl (C=O) groups excluding carboxylic acids is 2. The second kappa shape index (κ2) is 8.69. The van der Waals surface area contributed by atoms with Gasteiger partial charge in [0.05, 0.1) is 19.6 Å². The van der Waals surface area contributed by atoms with Crippen molar-refractivity contribution >= 4 is 17.5 Å². The molecule has 1 fully saturated rings. The van der Waals surface area contributed by atoms with Gasteiger partial charge in [-0.1, -0.05) is 18.6 Å². The first-order valence-corrected chi connectivity index (χ1v) is 10.3. The van der Waals surface area contributed by atoms with Gasteiger partial charge in [0.15, 0.2) is 0 Å². The predicted octanol–water partition coefficient (Wildman–Crippen LogP) is 4.44. The first-order valence-electron chi connectivity index (χ1n) is 10.3. The number of benzene rings is 2. The van der Waals surface area contributed by atoms with Crippen LogP contribution in [0.3, 0.4) is 0 Å². The Morgan fingerprint density at radius 1 is 1.13 bits per heavy atom. The van der Waals surface area contributed by atoms with Crippen LogP contribution in [0.15, 0.2) is 59.7 Å². The molecular weight excluding hydrogens is 383 g/mol. The van der Waals surface area contributed by atoms with E-state index in [2.05, 4.69) is 5.32 Å². The van der Waals surface area contributed by atoms with E-state index < -0.39 is 0 Å². The van der Waals surface area contributed by atoms with Crippen molar-refractivity contribution in [1.29, 1.82) is 0 Å². The number of halogens is 1. The van der Waals surface area contributed by atoms with E-state index in [1.54, 1.807) is 43.5 Å². The molecule has 30 heavy (non-hydrogen) atoms. The van der Waals surface area contributed by atoms with Crippen molar-refractivity contribution in [3.05, 3.63) is 71.1 Å². The van der Waals surface area contributed by atoms with Gasteiger partial charge in [-0.05, 0) is 66.8 Å². The van der Waals surface area contributed by atoms with E-state index in [0.717, 1.165) is 36.8 Å². The van der Waals surface area contributed by atoms with Crippen molar-refractivity contribution in [3.63, 3.8) is 0 Å². The van der Waals surface area contributed by atoms with Gasteiger partial charge in [-0.3, -0.25) is 9.59 Å². The highest BCUT2D eigenvalue weighted by Gasteiger charge is 2.40. The molecule has 1 saturated carbocycles. The topological polar surface area (TPSA) is 58.6 Å². The summed E-state index contributed by atoms with van der Waals surface area (Å²) in [7, 11) is 1.59. The van der Waals surface area contributed by atoms with Crippen molar-refractivity contribution < 1.29 is 18.7 Å². The van der Waals surface area contributed by atoms with Crippen LogP contribution in [0.2, 0.25) is 0 Å². The Morgan fingerprint density at radius 2 is 1.87 bits per heavy atom. The number of anilines is 1. The van der Waals surface area contributed by atoms with Crippen molar-refractivity contribution in [3.8, 4) is 5.75 Å². The van der Waals surface area contributed by atoms with Crippen LogP contribution >= 0.6 is 0 Å². The van der Waals surface area contributed by atoms with Crippen LogP contribution in [0, 0.1) is 5.82 Å². The maximum absolute atomic E-state index is 13.2. The normalized spacial score (nSPS) is 18.4. The fourth-order valence-corrected chi connectivity index (χ4v) is 4.34. The Bertz CT molecular complexity index is 967. The van der Waals surface area contributed by atoms with Crippen LogP contribution in [0.5, 0.6) is 5.75 Å². The van der Waals surface area contributed by atoms with Gasteiger partial charge in [0.25, 0.3) is 5.91 Å². The van der Waals surface area contributed by atoms with Gasteiger partial charge in [0.2, 0.25) is 5.91 Å². The number of carbonyl (C=O) groups is 2. The second-order valence-electron chi connectivity index (χ2n) is 7.78. The van der Waals surface area contributed by atoms with E-state index in [9.17, 15) is 14.0 Å². The largest absolute Gasteiger partial charge is 0.497 e. The molecule has 1 heterocycles.